The van der Waals surface area contributed by atoms with Crippen LogP contribution in [0.1, 0.15) is 26.2 Å². The molecule has 0 bridgehead atoms. The maximum atomic E-state index is 3.67. The van der Waals surface area contributed by atoms with Crippen LogP contribution in [0.25, 0.3) is 0 Å². The van der Waals surface area contributed by atoms with Gasteiger partial charge < -0.3 is 10.6 Å². The maximum absolute atomic E-state index is 3.67. The molecule has 2 rings (SSSR count). The summed E-state index contributed by atoms with van der Waals surface area (Å²) in [5, 5.41) is 6.98. The molecule has 2 aliphatic rings. The molecule has 12 heavy (non-hydrogen) atoms. The first-order valence-electron chi connectivity index (χ1n) is 5.28. The molecule has 1 heterocycles. The minimum Gasteiger partial charge on any atom is -0.316 e. The third kappa shape index (κ3) is 1.99. The van der Waals surface area contributed by atoms with Crippen molar-refractivity contribution in [2.75, 3.05) is 19.6 Å². The molecule has 1 aliphatic carbocycles. The van der Waals surface area contributed by atoms with Crippen LogP contribution in [0, 0.1) is 11.8 Å². The molecule has 2 unspecified atom stereocenters. The second kappa shape index (κ2) is 3.75. The van der Waals surface area contributed by atoms with Crippen molar-refractivity contribution >= 4 is 0 Å². The van der Waals surface area contributed by atoms with Gasteiger partial charge in [0.05, 0.1) is 0 Å². The highest BCUT2D eigenvalue weighted by atomic mass is 15.0. The molecule has 2 N–H and O–H groups in total. The van der Waals surface area contributed by atoms with Crippen molar-refractivity contribution in [3.8, 4) is 0 Å². The molecule has 1 saturated carbocycles. The molecule has 2 fully saturated rings. The molecule has 0 aromatic rings. The van der Waals surface area contributed by atoms with Crippen LogP contribution >= 0.6 is 0 Å². The normalized spacial score (nSPS) is 36.8. The summed E-state index contributed by atoms with van der Waals surface area (Å²) in [6.45, 7) is 6.07. The second-order valence-electron chi connectivity index (χ2n) is 4.55. The van der Waals surface area contributed by atoms with Crippen LogP contribution in [0.4, 0.5) is 0 Å². The van der Waals surface area contributed by atoms with E-state index in [1.54, 1.807) is 0 Å². The van der Waals surface area contributed by atoms with E-state index in [0.717, 1.165) is 17.9 Å². The summed E-state index contributed by atoms with van der Waals surface area (Å²) in [6.07, 6.45) is 4.24. The molecule has 1 aliphatic heterocycles. The summed E-state index contributed by atoms with van der Waals surface area (Å²) >= 11 is 0. The van der Waals surface area contributed by atoms with Crippen molar-refractivity contribution in [2.24, 2.45) is 11.8 Å². The Balaban J connectivity index is 1.60. The average Bonchev–Trinajstić information content (AvgIpc) is 2.32. The van der Waals surface area contributed by atoms with Gasteiger partial charge in [0, 0.05) is 25.7 Å². The minimum atomic E-state index is 0.834. The molecule has 2 nitrogen and oxygen atoms in total. The van der Waals surface area contributed by atoms with Crippen LogP contribution in [-0.4, -0.2) is 25.7 Å². The summed E-state index contributed by atoms with van der Waals surface area (Å²) in [7, 11) is 0. The third-order valence-corrected chi connectivity index (χ3v) is 3.26. The van der Waals surface area contributed by atoms with Gasteiger partial charge in [-0.25, -0.2) is 0 Å². The predicted octanol–water partition coefficient (Wildman–Crippen LogP) is 0.984. The zero-order chi connectivity index (χ0) is 8.39. The summed E-state index contributed by atoms with van der Waals surface area (Å²) in [6, 6.07) is 0.834. The van der Waals surface area contributed by atoms with Crippen molar-refractivity contribution in [3.63, 3.8) is 0 Å². The molecule has 0 aromatic carbocycles. The van der Waals surface area contributed by atoms with Gasteiger partial charge in [0.1, 0.15) is 0 Å². The van der Waals surface area contributed by atoms with Crippen LogP contribution in [0.5, 0.6) is 0 Å². The lowest BCUT2D eigenvalue weighted by atomic mass is 10.0. The van der Waals surface area contributed by atoms with Gasteiger partial charge in [-0.3, -0.25) is 0 Å². The quantitative estimate of drug-likeness (QED) is 0.656. The molecule has 0 spiro atoms. The molecular weight excluding hydrogens is 148 g/mol. The zero-order valence-electron chi connectivity index (χ0n) is 7.97. The van der Waals surface area contributed by atoms with Gasteiger partial charge in [0.2, 0.25) is 0 Å². The Labute approximate surface area is 75.1 Å². The molecule has 1 saturated heterocycles. The first kappa shape index (κ1) is 8.52. The maximum Gasteiger partial charge on any atom is 0.00698 e. The predicted molar refractivity (Wildman–Crippen MR) is 51.2 cm³/mol. The van der Waals surface area contributed by atoms with E-state index in [9.17, 15) is 0 Å². The van der Waals surface area contributed by atoms with Crippen molar-refractivity contribution in [1.82, 2.24) is 10.6 Å². The molecule has 2 atom stereocenters. The molecule has 2 heteroatoms. The summed E-state index contributed by atoms with van der Waals surface area (Å²) in [4.78, 5) is 0. The van der Waals surface area contributed by atoms with E-state index in [2.05, 4.69) is 17.6 Å². The van der Waals surface area contributed by atoms with E-state index < -0.39 is 0 Å². The Morgan fingerprint density at radius 1 is 1.33 bits per heavy atom. The van der Waals surface area contributed by atoms with Gasteiger partial charge in [-0.2, -0.15) is 0 Å². The molecular formula is C10H20N2. The lowest BCUT2D eigenvalue weighted by Gasteiger charge is -2.28. The zero-order valence-corrected chi connectivity index (χ0v) is 7.97. The number of hydrogen-bond donors (Lipinski definition) is 2. The van der Waals surface area contributed by atoms with Crippen LogP contribution < -0.4 is 10.6 Å². The van der Waals surface area contributed by atoms with E-state index >= 15 is 0 Å². The van der Waals surface area contributed by atoms with E-state index in [1.165, 1.54) is 38.9 Å². The Morgan fingerprint density at radius 2 is 2.17 bits per heavy atom. The van der Waals surface area contributed by atoms with Crippen molar-refractivity contribution in [3.05, 3.63) is 0 Å². The van der Waals surface area contributed by atoms with Crippen molar-refractivity contribution in [1.29, 1.82) is 0 Å². The van der Waals surface area contributed by atoms with Gasteiger partial charge in [-0.05, 0) is 31.1 Å². The Kier molecular flexibility index (Phi) is 2.66. The fourth-order valence-electron chi connectivity index (χ4n) is 2.22. The molecule has 0 radical (unpaired) electrons. The van der Waals surface area contributed by atoms with Crippen LogP contribution in [-0.2, 0) is 0 Å². The van der Waals surface area contributed by atoms with E-state index in [-0.39, 0.29) is 0 Å². The molecule has 0 aromatic heterocycles. The highest BCUT2D eigenvalue weighted by Gasteiger charge is 2.23. The fraction of sp³-hybridized carbons (Fsp3) is 1.00. The van der Waals surface area contributed by atoms with E-state index in [0.29, 0.717) is 0 Å². The van der Waals surface area contributed by atoms with E-state index in [4.69, 9.17) is 0 Å². The standard InChI is InChI=1S/C10H20N2/c1-8-2-3-10(4-8)12-7-9-5-11-6-9/h8-12H,2-7H2,1H3. The topological polar surface area (TPSA) is 24.1 Å². The summed E-state index contributed by atoms with van der Waals surface area (Å²) in [5.74, 6) is 1.88. The fourth-order valence-corrected chi connectivity index (χ4v) is 2.22. The Hall–Kier alpha value is -0.0800. The van der Waals surface area contributed by atoms with Gasteiger partial charge in [0.15, 0.2) is 0 Å². The van der Waals surface area contributed by atoms with E-state index in [1.807, 2.05) is 0 Å². The van der Waals surface area contributed by atoms with Crippen LogP contribution in [0.2, 0.25) is 0 Å². The SMILES string of the molecule is CC1CCC(NCC2CNC2)C1. The largest absolute Gasteiger partial charge is 0.316 e. The van der Waals surface area contributed by atoms with Gasteiger partial charge in [-0.15, -0.1) is 0 Å². The van der Waals surface area contributed by atoms with Crippen molar-refractivity contribution < 1.29 is 0 Å². The second-order valence-corrected chi connectivity index (χ2v) is 4.55. The van der Waals surface area contributed by atoms with Crippen LogP contribution in [0.3, 0.4) is 0 Å². The summed E-state index contributed by atoms with van der Waals surface area (Å²) in [5.41, 5.74) is 0. The van der Waals surface area contributed by atoms with Crippen molar-refractivity contribution in [2.45, 2.75) is 32.2 Å². The number of nitrogens with one attached hydrogen (secondary N) is 2. The highest BCUT2D eigenvalue weighted by molar-refractivity contribution is 4.82. The lowest BCUT2D eigenvalue weighted by molar-refractivity contribution is 0.315. The lowest BCUT2D eigenvalue weighted by Crippen LogP contribution is -2.48. The highest BCUT2D eigenvalue weighted by Crippen LogP contribution is 2.24. The number of rotatable bonds is 3. The Bertz CT molecular complexity index is 143. The van der Waals surface area contributed by atoms with Gasteiger partial charge in [-0.1, -0.05) is 6.92 Å². The van der Waals surface area contributed by atoms with Gasteiger partial charge in [0.25, 0.3) is 0 Å². The Morgan fingerprint density at radius 3 is 2.67 bits per heavy atom. The third-order valence-electron chi connectivity index (χ3n) is 3.26. The minimum absolute atomic E-state index is 0.834. The smallest absolute Gasteiger partial charge is 0.00698 e. The number of hydrogen-bond acceptors (Lipinski definition) is 2. The summed E-state index contributed by atoms with van der Waals surface area (Å²) < 4.78 is 0. The molecule has 70 valence electrons. The first-order chi connectivity index (χ1) is 5.84. The monoisotopic (exact) mass is 168 g/mol. The average molecular weight is 168 g/mol. The first-order valence-corrected chi connectivity index (χ1v) is 5.28. The molecule has 0 amide bonds. The van der Waals surface area contributed by atoms with Gasteiger partial charge >= 0.3 is 0 Å². The van der Waals surface area contributed by atoms with Crippen LogP contribution in [0.15, 0.2) is 0 Å².